The third-order valence-corrected chi connectivity index (χ3v) is 2.60. The average Bonchev–Trinajstić information content (AvgIpc) is 2.82. The number of aromatic amines is 1. The van der Waals surface area contributed by atoms with E-state index in [9.17, 15) is 14.7 Å². The number of carbonyl (C=O) groups is 1. The molecule has 0 saturated carbocycles. The Morgan fingerprint density at radius 3 is 2.90 bits per heavy atom. The van der Waals surface area contributed by atoms with Gasteiger partial charge in [-0.05, 0) is 0 Å². The zero-order chi connectivity index (χ0) is 14.7. The molecule has 0 aliphatic rings. The lowest BCUT2D eigenvalue weighted by Gasteiger charge is -2.14. The smallest absolute Gasteiger partial charge is 0.330 e. The number of ether oxygens (including phenoxy) is 1. The molecule has 0 aliphatic carbocycles. The number of anilines is 1. The van der Waals surface area contributed by atoms with Gasteiger partial charge in [-0.1, -0.05) is 0 Å². The molecule has 9 heteroatoms. The van der Waals surface area contributed by atoms with Crippen LogP contribution in [-0.2, 0) is 11.8 Å². The van der Waals surface area contributed by atoms with Gasteiger partial charge in [0.1, 0.15) is 0 Å². The van der Waals surface area contributed by atoms with Gasteiger partial charge in [0, 0.05) is 18.8 Å². The summed E-state index contributed by atoms with van der Waals surface area (Å²) in [6.07, 6.45) is 4.15. The van der Waals surface area contributed by atoms with Gasteiger partial charge in [0.05, 0.1) is 19.6 Å². The molecule has 2 aromatic rings. The van der Waals surface area contributed by atoms with E-state index in [0.717, 1.165) is 6.33 Å². The molecule has 0 aromatic carbocycles. The number of aryl methyl sites for hydroxylation is 1. The van der Waals surface area contributed by atoms with E-state index < -0.39 is 17.6 Å². The summed E-state index contributed by atoms with van der Waals surface area (Å²) in [6.45, 7) is 0. The number of H-pyrrole nitrogens is 1. The molecule has 0 bridgehead atoms. The molecule has 2 rings (SSSR count). The van der Waals surface area contributed by atoms with E-state index >= 15 is 0 Å². The molecule has 20 heavy (non-hydrogen) atoms. The average molecular weight is 279 g/mol. The number of aliphatic carboxylic acids is 1. The number of rotatable bonds is 5. The van der Waals surface area contributed by atoms with Gasteiger partial charge in [-0.2, -0.15) is 5.10 Å². The van der Waals surface area contributed by atoms with Crippen molar-refractivity contribution in [1.82, 2.24) is 19.7 Å². The van der Waals surface area contributed by atoms with Crippen molar-refractivity contribution in [3.8, 4) is 5.75 Å². The highest BCUT2D eigenvalue weighted by Crippen LogP contribution is 2.22. The Morgan fingerprint density at radius 2 is 2.35 bits per heavy atom. The lowest BCUT2D eigenvalue weighted by atomic mass is 10.1. The second kappa shape index (κ2) is 5.43. The van der Waals surface area contributed by atoms with Gasteiger partial charge in [-0.3, -0.25) is 9.48 Å². The Kier molecular flexibility index (Phi) is 3.69. The standard InChI is InChI=1S/C11H13N5O4/c1-16-4-6(3-14-16)7(11(18)19)15-9-8(20-2)10(17)13-5-12-9/h3-5,7H,1-2H3,(H,18,19)(H2,12,13,15,17). The fourth-order valence-electron chi connectivity index (χ4n) is 1.69. The van der Waals surface area contributed by atoms with Gasteiger partial charge in [0.25, 0.3) is 5.56 Å². The van der Waals surface area contributed by atoms with Crippen molar-refractivity contribution < 1.29 is 14.6 Å². The topological polar surface area (TPSA) is 122 Å². The van der Waals surface area contributed by atoms with Crippen LogP contribution in [0.1, 0.15) is 11.6 Å². The number of nitrogens with zero attached hydrogens (tertiary/aromatic N) is 3. The van der Waals surface area contributed by atoms with Crippen LogP contribution in [0.4, 0.5) is 5.82 Å². The molecule has 3 N–H and O–H groups in total. The van der Waals surface area contributed by atoms with Crippen molar-refractivity contribution >= 4 is 11.8 Å². The first-order chi connectivity index (χ1) is 9.52. The number of methoxy groups -OCH3 is 1. The molecule has 0 radical (unpaired) electrons. The summed E-state index contributed by atoms with van der Waals surface area (Å²) < 4.78 is 6.40. The molecular formula is C11H13N5O4. The van der Waals surface area contributed by atoms with Crippen LogP contribution in [0, 0.1) is 0 Å². The number of hydrogen-bond donors (Lipinski definition) is 3. The van der Waals surface area contributed by atoms with E-state index in [4.69, 9.17) is 4.74 Å². The van der Waals surface area contributed by atoms with Crippen LogP contribution in [0.25, 0.3) is 0 Å². The largest absolute Gasteiger partial charge is 0.489 e. The summed E-state index contributed by atoms with van der Waals surface area (Å²) in [7, 11) is 2.98. The number of hydrogen-bond acceptors (Lipinski definition) is 6. The zero-order valence-electron chi connectivity index (χ0n) is 10.8. The van der Waals surface area contributed by atoms with E-state index in [1.165, 1.54) is 18.0 Å². The molecule has 1 atom stereocenters. The predicted octanol–water partition coefficient (Wildman–Crippen LogP) is -0.250. The maximum absolute atomic E-state index is 11.5. The SMILES string of the molecule is COc1c(NC(C(=O)O)c2cnn(C)c2)nc[nH]c1=O. The van der Waals surface area contributed by atoms with Crippen LogP contribution < -0.4 is 15.6 Å². The summed E-state index contributed by atoms with van der Waals surface area (Å²) >= 11 is 0. The maximum atomic E-state index is 11.5. The number of carboxylic acid groups (broad SMARTS) is 1. The van der Waals surface area contributed by atoms with Crippen LogP contribution in [0.3, 0.4) is 0 Å². The number of carboxylic acids is 1. The van der Waals surface area contributed by atoms with Crippen LogP contribution in [0.5, 0.6) is 5.75 Å². The Hall–Kier alpha value is -2.84. The first kappa shape index (κ1) is 13.6. The quantitative estimate of drug-likeness (QED) is 0.689. The van der Waals surface area contributed by atoms with E-state index in [0.29, 0.717) is 5.56 Å². The van der Waals surface area contributed by atoms with Crippen molar-refractivity contribution in [3.63, 3.8) is 0 Å². The first-order valence-electron chi connectivity index (χ1n) is 5.62. The van der Waals surface area contributed by atoms with Crippen LogP contribution in [-0.4, -0.2) is 37.9 Å². The summed E-state index contributed by atoms with van der Waals surface area (Å²) in [4.78, 5) is 29.1. The van der Waals surface area contributed by atoms with Crippen molar-refractivity contribution in [2.24, 2.45) is 7.05 Å². The molecule has 0 fully saturated rings. The van der Waals surface area contributed by atoms with Crippen molar-refractivity contribution in [3.05, 3.63) is 34.6 Å². The van der Waals surface area contributed by atoms with Gasteiger partial charge >= 0.3 is 5.97 Å². The first-order valence-corrected chi connectivity index (χ1v) is 5.62. The Balaban J connectivity index is 2.37. The summed E-state index contributed by atoms with van der Waals surface area (Å²) in [6, 6.07) is -1.09. The summed E-state index contributed by atoms with van der Waals surface area (Å²) in [5.41, 5.74) is -0.0653. The van der Waals surface area contributed by atoms with Gasteiger partial charge < -0.3 is 20.1 Å². The third kappa shape index (κ3) is 2.60. The molecule has 2 heterocycles. The molecular weight excluding hydrogens is 266 g/mol. The third-order valence-electron chi connectivity index (χ3n) is 2.60. The second-order valence-corrected chi connectivity index (χ2v) is 3.98. The number of aromatic nitrogens is 4. The monoisotopic (exact) mass is 279 g/mol. The Morgan fingerprint density at radius 1 is 1.60 bits per heavy atom. The summed E-state index contributed by atoms with van der Waals surface area (Å²) in [5.74, 6) is -1.16. The van der Waals surface area contributed by atoms with Crippen LogP contribution >= 0.6 is 0 Å². The van der Waals surface area contributed by atoms with E-state index in [2.05, 4.69) is 20.4 Å². The molecule has 106 valence electrons. The zero-order valence-corrected chi connectivity index (χ0v) is 10.8. The molecule has 0 aliphatic heterocycles. The van der Waals surface area contributed by atoms with Gasteiger partial charge in [-0.15, -0.1) is 0 Å². The predicted molar refractivity (Wildman–Crippen MR) is 68.6 cm³/mol. The highest BCUT2D eigenvalue weighted by Gasteiger charge is 2.23. The molecule has 9 nitrogen and oxygen atoms in total. The minimum atomic E-state index is -1.12. The van der Waals surface area contributed by atoms with Crippen LogP contribution in [0.2, 0.25) is 0 Å². The van der Waals surface area contributed by atoms with Crippen molar-refractivity contribution in [1.29, 1.82) is 0 Å². The minimum Gasteiger partial charge on any atom is -0.489 e. The molecule has 0 spiro atoms. The van der Waals surface area contributed by atoms with E-state index in [1.54, 1.807) is 13.2 Å². The lowest BCUT2D eigenvalue weighted by Crippen LogP contribution is -2.23. The van der Waals surface area contributed by atoms with E-state index in [1.807, 2.05) is 0 Å². The fraction of sp³-hybridized carbons (Fsp3) is 0.273. The van der Waals surface area contributed by atoms with Gasteiger partial charge in [0.2, 0.25) is 5.75 Å². The minimum absolute atomic E-state index is 0.0486. The maximum Gasteiger partial charge on any atom is 0.330 e. The highest BCUT2D eigenvalue weighted by atomic mass is 16.5. The lowest BCUT2D eigenvalue weighted by molar-refractivity contribution is -0.138. The second-order valence-electron chi connectivity index (χ2n) is 3.98. The molecule has 2 aromatic heterocycles. The highest BCUT2D eigenvalue weighted by molar-refractivity contribution is 5.79. The molecule has 0 saturated heterocycles. The van der Waals surface area contributed by atoms with Crippen LogP contribution in [0.15, 0.2) is 23.5 Å². The molecule has 1 unspecified atom stereocenters. The summed E-state index contributed by atoms with van der Waals surface area (Å²) in [5, 5.41) is 15.9. The normalized spacial score (nSPS) is 11.9. The van der Waals surface area contributed by atoms with Gasteiger partial charge in [0.15, 0.2) is 11.9 Å². The Bertz CT molecular complexity index is 677. The van der Waals surface area contributed by atoms with Gasteiger partial charge in [-0.25, -0.2) is 9.78 Å². The molecule has 0 amide bonds. The van der Waals surface area contributed by atoms with Crippen molar-refractivity contribution in [2.75, 3.05) is 12.4 Å². The number of nitrogens with one attached hydrogen (secondary N) is 2. The Labute approximate surface area is 113 Å². The van der Waals surface area contributed by atoms with Crippen molar-refractivity contribution in [2.45, 2.75) is 6.04 Å². The fourth-order valence-corrected chi connectivity index (χ4v) is 1.69. The van der Waals surface area contributed by atoms with E-state index in [-0.39, 0.29) is 11.6 Å².